The van der Waals surface area contributed by atoms with Gasteiger partial charge in [0.1, 0.15) is 0 Å². The molecule has 1 atom stereocenters. The molecule has 0 spiro atoms. The Morgan fingerprint density at radius 2 is 2.08 bits per heavy atom. The third kappa shape index (κ3) is 5.50. The van der Waals surface area contributed by atoms with Crippen molar-refractivity contribution < 1.29 is 9.59 Å². The van der Waals surface area contributed by atoms with Gasteiger partial charge in [-0.25, -0.2) is 9.59 Å². The van der Waals surface area contributed by atoms with Crippen molar-refractivity contribution in [1.82, 2.24) is 0 Å². The van der Waals surface area contributed by atoms with Gasteiger partial charge in [0.15, 0.2) is 0 Å². The highest BCUT2D eigenvalue weighted by Gasteiger charge is 1.91. The number of hydrogen-bond donors (Lipinski definition) is 0. The van der Waals surface area contributed by atoms with Crippen LogP contribution >= 0.6 is 0 Å². The van der Waals surface area contributed by atoms with Crippen LogP contribution in [0.15, 0.2) is 33.9 Å². The van der Waals surface area contributed by atoms with Crippen LogP contribution in [0.25, 0.3) is 0 Å². The Morgan fingerprint density at radius 3 is 2.54 bits per heavy atom. The van der Waals surface area contributed by atoms with Crippen LogP contribution in [0, 0.1) is 0 Å². The second-order valence-electron chi connectivity index (χ2n) is 2.24. The zero-order valence-electron chi connectivity index (χ0n) is 7.52. The van der Waals surface area contributed by atoms with E-state index in [0.717, 1.165) is 0 Å². The van der Waals surface area contributed by atoms with E-state index in [1.165, 1.54) is 12.2 Å². The molecule has 13 heavy (non-hydrogen) atoms. The first-order valence-corrected chi connectivity index (χ1v) is 3.74. The molecule has 4 nitrogen and oxygen atoms in total. The van der Waals surface area contributed by atoms with Crippen molar-refractivity contribution in [3.8, 4) is 0 Å². The van der Waals surface area contributed by atoms with Gasteiger partial charge in [-0.05, 0) is 19.9 Å². The summed E-state index contributed by atoms with van der Waals surface area (Å²) < 4.78 is 0. The Morgan fingerprint density at radius 1 is 1.38 bits per heavy atom. The lowest BCUT2D eigenvalue weighted by Gasteiger charge is -1.92. The van der Waals surface area contributed by atoms with Crippen LogP contribution in [0.1, 0.15) is 13.8 Å². The Kier molecular flexibility index (Phi) is 5.98. The van der Waals surface area contributed by atoms with Crippen molar-refractivity contribution >= 4 is 12.2 Å². The van der Waals surface area contributed by atoms with Gasteiger partial charge < -0.3 is 0 Å². The number of carbonyl (C=O) groups excluding carboxylic acids is 2. The van der Waals surface area contributed by atoms with Crippen LogP contribution in [-0.2, 0) is 9.59 Å². The maximum absolute atomic E-state index is 9.89. The van der Waals surface area contributed by atoms with Crippen LogP contribution in [0.4, 0.5) is 0 Å². The first kappa shape index (κ1) is 11.2. The van der Waals surface area contributed by atoms with Crippen LogP contribution in [0.5, 0.6) is 0 Å². The third-order valence-electron chi connectivity index (χ3n) is 1.27. The van der Waals surface area contributed by atoms with Gasteiger partial charge in [-0.3, -0.25) is 0 Å². The maximum Gasteiger partial charge on any atom is 0.240 e. The monoisotopic (exact) mass is 178 g/mol. The predicted molar refractivity (Wildman–Crippen MR) is 48.6 cm³/mol. The van der Waals surface area contributed by atoms with E-state index < -0.39 is 0 Å². The van der Waals surface area contributed by atoms with Gasteiger partial charge >= 0.3 is 0 Å². The molecule has 0 fully saturated rings. The highest BCUT2D eigenvalue weighted by Crippen LogP contribution is 2.00. The predicted octanol–water partition coefficient (Wildman–Crippen LogP) is 1.51. The van der Waals surface area contributed by atoms with Gasteiger partial charge in [0.25, 0.3) is 0 Å². The number of isocyanates is 2. The summed E-state index contributed by atoms with van der Waals surface area (Å²) in [5.41, 5.74) is 0.489. The van der Waals surface area contributed by atoms with Gasteiger partial charge in [-0.2, -0.15) is 9.98 Å². The summed E-state index contributed by atoms with van der Waals surface area (Å²) in [7, 11) is 0. The summed E-state index contributed by atoms with van der Waals surface area (Å²) in [6, 6.07) is -0.255. The highest BCUT2D eigenvalue weighted by molar-refractivity contribution is 5.39. The van der Waals surface area contributed by atoms with Crippen molar-refractivity contribution in [3.63, 3.8) is 0 Å². The van der Waals surface area contributed by atoms with E-state index in [4.69, 9.17) is 0 Å². The van der Waals surface area contributed by atoms with Crippen molar-refractivity contribution in [2.45, 2.75) is 19.9 Å². The number of rotatable bonds is 4. The zero-order valence-corrected chi connectivity index (χ0v) is 7.52. The first-order valence-electron chi connectivity index (χ1n) is 3.74. The van der Waals surface area contributed by atoms with Gasteiger partial charge in [-0.15, -0.1) is 0 Å². The van der Waals surface area contributed by atoms with E-state index in [-0.39, 0.29) is 6.04 Å². The Hall–Kier alpha value is -1.76. The average molecular weight is 178 g/mol. The minimum Gasteiger partial charge on any atom is -0.211 e. The van der Waals surface area contributed by atoms with Gasteiger partial charge in [0, 0.05) is 0 Å². The fourth-order valence-corrected chi connectivity index (χ4v) is 0.615. The zero-order chi connectivity index (χ0) is 10.1. The molecule has 0 bridgehead atoms. The number of aliphatic imine (C=N–C) groups is 2. The molecule has 0 unspecified atom stereocenters. The van der Waals surface area contributed by atoms with E-state index in [1.54, 1.807) is 32.1 Å². The summed E-state index contributed by atoms with van der Waals surface area (Å²) >= 11 is 0. The van der Waals surface area contributed by atoms with Gasteiger partial charge in [-0.1, -0.05) is 12.2 Å². The van der Waals surface area contributed by atoms with Crippen LogP contribution in [0.3, 0.4) is 0 Å². The van der Waals surface area contributed by atoms with E-state index in [2.05, 4.69) is 9.98 Å². The normalized spacial score (nSPS) is 13.2. The van der Waals surface area contributed by atoms with E-state index >= 15 is 0 Å². The maximum atomic E-state index is 9.89. The first-order chi connectivity index (χ1) is 6.24. The van der Waals surface area contributed by atoms with E-state index in [0.29, 0.717) is 5.70 Å². The summed E-state index contributed by atoms with van der Waals surface area (Å²) in [6.45, 7) is 3.47. The topological polar surface area (TPSA) is 58.9 Å². The molecule has 0 aromatic heterocycles. The summed E-state index contributed by atoms with van der Waals surface area (Å²) in [4.78, 5) is 26.6. The van der Waals surface area contributed by atoms with Crippen molar-refractivity contribution in [2.24, 2.45) is 9.98 Å². The minimum atomic E-state index is -0.255. The molecular formula is C9H10N2O2. The molecule has 0 heterocycles. The second kappa shape index (κ2) is 6.92. The number of allylic oxidation sites excluding steroid dienone is 2. The molecule has 0 aliphatic rings. The Labute approximate surface area is 76.4 Å². The van der Waals surface area contributed by atoms with E-state index in [1.807, 2.05) is 0 Å². The molecule has 0 N–H and O–H groups in total. The molecule has 0 aromatic rings. The molecule has 0 aliphatic heterocycles. The van der Waals surface area contributed by atoms with Crippen molar-refractivity contribution in [1.29, 1.82) is 0 Å². The largest absolute Gasteiger partial charge is 0.240 e. The van der Waals surface area contributed by atoms with Crippen molar-refractivity contribution in [3.05, 3.63) is 23.9 Å². The van der Waals surface area contributed by atoms with Crippen LogP contribution < -0.4 is 0 Å². The lowest BCUT2D eigenvalue weighted by Crippen LogP contribution is -1.90. The second-order valence-corrected chi connectivity index (χ2v) is 2.24. The fraction of sp³-hybridized carbons (Fsp3) is 0.333. The molecule has 0 saturated carbocycles. The van der Waals surface area contributed by atoms with Crippen molar-refractivity contribution in [2.75, 3.05) is 0 Å². The quantitative estimate of drug-likeness (QED) is 0.372. The smallest absolute Gasteiger partial charge is 0.211 e. The molecule has 0 saturated heterocycles. The third-order valence-corrected chi connectivity index (χ3v) is 1.27. The molecular weight excluding hydrogens is 168 g/mol. The summed E-state index contributed by atoms with van der Waals surface area (Å²) in [5, 5.41) is 0. The SMILES string of the molecule is C/C=C(\C=C/[C@H](C)N=C=O)N=C=O. The molecule has 0 aromatic carbocycles. The van der Waals surface area contributed by atoms with Gasteiger partial charge in [0.05, 0.1) is 11.7 Å². The highest BCUT2D eigenvalue weighted by atomic mass is 16.1. The number of nitrogens with zero attached hydrogens (tertiary/aromatic N) is 2. The standard InChI is InChI=1S/C9H10N2O2/c1-3-9(11-7-13)5-4-8(2)10-6-12/h3-5,8H,1-2H3/b5-4-,9-3+/t8-/m0/s1. The lowest BCUT2D eigenvalue weighted by molar-refractivity contribution is 0.561. The molecule has 4 heteroatoms. The average Bonchev–Trinajstić information content (AvgIpc) is 2.12. The fourth-order valence-electron chi connectivity index (χ4n) is 0.615. The van der Waals surface area contributed by atoms with Crippen LogP contribution in [-0.4, -0.2) is 18.2 Å². The summed E-state index contributed by atoms with van der Waals surface area (Å²) in [6.07, 6.45) is 7.74. The lowest BCUT2D eigenvalue weighted by atomic mass is 10.3. The Balaban J connectivity index is 4.40. The molecule has 0 aliphatic carbocycles. The summed E-state index contributed by atoms with van der Waals surface area (Å²) in [5.74, 6) is 0. The molecule has 0 rings (SSSR count). The van der Waals surface area contributed by atoms with Crippen LogP contribution in [0.2, 0.25) is 0 Å². The van der Waals surface area contributed by atoms with E-state index in [9.17, 15) is 9.59 Å². The molecule has 68 valence electrons. The molecule has 0 radical (unpaired) electrons. The minimum absolute atomic E-state index is 0.255. The Bertz CT molecular complexity index is 306. The molecule has 0 amide bonds. The number of hydrogen-bond acceptors (Lipinski definition) is 4. The van der Waals surface area contributed by atoms with Gasteiger partial charge in [0.2, 0.25) is 12.2 Å².